The van der Waals surface area contributed by atoms with E-state index in [1.165, 1.54) is 11.3 Å². The highest BCUT2D eigenvalue weighted by molar-refractivity contribution is 7.09. The van der Waals surface area contributed by atoms with Gasteiger partial charge in [0.05, 0.1) is 25.0 Å². The van der Waals surface area contributed by atoms with Gasteiger partial charge in [0.15, 0.2) is 0 Å². The second kappa shape index (κ2) is 6.41. The van der Waals surface area contributed by atoms with Crippen molar-refractivity contribution in [3.63, 3.8) is 0 Å². The molecule has 0 aliphatic rings. The van der Waals surface area contributed by atoms with Gasteiger partial charge in [-0.05, 0) is 0 Å². The van der Waals surface area contributed by atoms with Crippen molar-refractivity contribution < 1.29 is 9.53 Å². The molecule has 2 heterocycles. The van der Waals surface area contributed by atoms with Gasteiger partial charge in [-0.1, -0.05) is 0 Å². The van der Waals surface area contributed by atoms with E-state index < -0.39 is 0 Å². The molecule has 0 aliphatic carbocycles. The van der Waals surface area contributed by atoms with E-state index >= 15 is 0 Å². The van der Waals surface area contributed by atoms with Crippen LogP contribution in [0.15, 0.2) is 17.8 Å². The first-order valence-corrected chi connectivity index (χ1v) is 6.58. The van der Waals surface area contributed by atoms with Gasteiger partial charge >= 0.3 is 0 Å². The number of hydrogen-bond donors (Lipinski definition) is 2. The predicted molar refractivity (Wildman–Crippen MR) is 72.1 cm³/mol. The number of rotatable bonds is 6. The van der Waals surface area contributed by atoms with Crippen molar-refractivity contribution in [1.82, 2.24) is 14.8 Å². The topological polar surface area (TPSA) is 95.1 Å². The van der Waals surface area contributed by atoms with Gasteiger partial charge in [0, 0.05) is 25.2 Å². The van der Waals surface area contributed by atoms with Crippen LogP contribution < -0.4 is 11.1 Å². The molecule has 2 aromatic rings. The van der Waals surface area contributed by atoms with Crippen LogP contribution in [0.2, 0.25) is 0 Å². The molecule has 8 heteroatoms. The van der Waals surface area contributed by atoms with Gasteiger partial charge in [-0.2, -0.15) is 5.10 Å². The number of thiazole rings is 1. The lowest BCUT2D eigenvalue weighted by Gasteiger charge is -1.99. The van der Waals surface area contributed by atoms with Crippen molar-refractivity contribution in [3.8, 4) is 0 Å². The number of carbonyl (C=O) groups is 1. The van der Waals surface area contributed by atoms with Crippen molar-refractivity contribution in [2.75, 3.05) is 19.0 Å². The molecular weight excluding hydrogens is 266 g/mol. The zero-order valence-corrected chi connectivity index (χ0v) is 11.3. The molecule has 0 saturated carbocycles. The molecule has 2 aromatic heterocycles. The zero-order chi connectivity index (χ0) is 13.7. The number of nitrogens with one attached hydrogen (secondary N) is 1. The normalized spacial score (nSPS) is 10.6. The molecule has 0 atom stereocenters. The number of ether oxygens (including phenoxy) is 1. The van der Waals surface area contributed by atoms with Gasteiger partial charge < -0.3 is 15.8 Å². The minimum absolute atomic E-state index is 0.262. The molecule has 19 heavy (non-hydrogen) atoms. The van der Waals surface area contributed by atoms with Crippen molar-refractivity contribution >= 4 is 22.9 Å². The van der Waals surface area contributed by atoms with Crippen LogP contribution >= 0.6 is 11.3 Å². The maximum Gasteiger partial charge on any atom is 0.275 e. The quantitative estimate of drug-likeness (QED) is 0.812. The molecule has 7 nitrogen and oxygen atoms in total. The van der Waals surface area contributed by atoms with Crippen molar-refractivity contribution in [2.45, 2.75) is 13.1 Å². The van der Waals surface area contributed by atoms with E-state index in [1.807, 2.05) is 0 Å². The highest BCUT2D eigenvalue weighted by atomic mass is 32.1. The lowest BCUT2D eigenvalue weighted by molar-refractivity contribution is 0.102. The number of nitrogens with zero attached hydrogens (tertiary/aromatic N) is 3. The molecule has 0 spiro atoms. The van der Waals surface area contributed by atoms with Crippen molar-refractivity contribution in [2.24, 2.45) is 5.73 Å². The molecule has 0 radical (unpaired) electrons. The average Bonchev–Trinajstić information content (AvgIpc) is 3.05. The highest BCUT2D eigenvalue weighted by Crippen LogP contribution is 2.12. The number of anilines is 1. The zero-order valence-electron chi connectivity index (χ0n) is 10.5. The molecule has 0 aromatic carbocycles. The van der Waals surface area contributed by atoms with Crippen molar-refractivity contribution in [1.29, 1.82) is 0 Å². The van der Waals surface area contributed by atoms with Crippen LogP contribution in [-0.4, -0.2) is 34.4 Å². The Hall–Kier alpha value is -1.77. The first-order chi connectivity index (χ1) is 9.22. The Morgan fingerprint density at radius 1 is 1.63 bits per heavy atom. The molecule has 0 aliphatic heterocycles. The number of hydrogen-bond acceptors (Lipinski definition) is 6. The fraction of sp³-hybridized carbons (Fsp3) is 0.364. The third-order valence-electron chi connectivity index (χ3n) is 2.37. The Morgan fingerprint density at radius 2 is 2.47 bits per heavy atom. The summed E-state index contributed by atoms with van der Waals surface area (Å²) < 4.78 is 6.65. The van der Waals surface area contributed by atoms with Crippen LogP contribution in [0.4, 0.5) is 5.69 Å². The summed E-state index contributed by atoms with van der Waals surface area (Å²) in [5, 5.41) is 9.26. The first-order valence-electron chi connectivity index (χ1n) is 5.70. The van der Waals surface area contributed by atoms with Crippen LogP contribution in [0.25, 0.3) is 0 Å². The molecule has 2 rings (SSSR count). The Kier molecular flexibility index (Phi) is 4.61. The molecule has 102 valence electrons. The molecule has 0 saturated heterocycles. The summed E-state index contributed by atoms with van der Waals surface area (Å²) in [6, 6.07) is 0. The summed E-state index contributed by atoms with van der Waals surface area (Å²) in [6.07, 6.45) is 3.33. The van der Waals surface area contributed by atoms with E-state index in [9.17, 15) is 4.79 Å². The van der Waals surface area contributed by atoms with Gasteiger partial charge in [-0.15, -0.1) is 11.3 Å². The smallest absolute Gasteiger partial charge is 0.275 e. The van der Waals surface area contributed by atoms with Crippen LogP contribution in [0, 0.1) is 0 Å². The van der Waals surface area contributed by atoms with Crippen LogP contribution in [0.5, 0.6) is 0 Å². The van der Waals surface area contributed by atoms with Gasteiger partial charge in [0.25, 0.3) is 5.91 Å². The summed E-state index contributed by atoms with van der Waals surface area (Å²) in [5.41, 5.74) is 6.46. The Balaban J connectivity index is 1.96. The Morgan fingerprint density at radius 3 is 3.16 bits per heavy atom. The first kappa shape index (κ1) is 13.7. The average molecular weight is 281 g/mol. The third-order valence-corrected chi connectivity index (χ3v) is 3.25. The summed E-state index contributed by atoms with van der Waals surface area (Å²) in [4.78, 5) is 16.0. The summed E-state index contributed by atoms with van der Waals surface area (Å²) in [7, 11) is 1.63. The fourth-order valence-corrected chi connectivity index (χ4v) is 2.09. The number of nitrogens with two attached hydrogens (primary N) is 1. The van der Waals surface area contributed by atoms with E-state index in [1.54, 1.807) is 29.6 Å². The van der Waals surface area contributed by atoms with E-state index in [2.05, 4.69) is 15.4 Å². The van der Waals surface area contributed by atoms with Crippen LogP contribution in [-0.2, 0) is 17.8 Å². The predicted octanol–water partition coefficient (Wildman–Crippen LogP) is 0.697. The molecule has 0 unspecified atom stereocenters. The lowest BCUT2D eigenvalue weighted by atomic mass is 10.4. The fourth-order valence-electron chi connectivity index (χ4n) is 1.44. The SMILES string of the molecule is COCCn1cc(NC(=O)c2csc(CN)n2)cn1. The minimum Gasteiger partial charge on any atom is -0.383 e. The molecule has 0 fully saturated rings. The summed E-state index contributed by atoms with van der Waals surface area (Å²) in [5.74, 6) is -0.262. The monoisotopic (exact) mass is 281 g/mol. The van der Waals surface area contributed by atoms with Gasteiger partial charge in [-0.3, -0.25) is 9.48 Å². The number of carbonyl (C=O) groups excluding carboxylic acids is 1. The van der Waals surface area contributed by atoms with E-state index in [4.69, 9.17) is 10.5 Å². The van der Waals surface area contributed by atoms with Gasteiger partial charge in [-0.25, -0.2) is 4.98 Å². The van der Waals surface area contributed by atoms with E-state index in [0.717, 1.165) is 5.01 Å². The maximum atomic E-state index is 11.9. The van der Waals surface area contributed by atoms with Crippen LogP contribution in [0.3, 0.4) is 0 Å². The third kappa shape index (κ3) is 3.60. The molecular formula is C11H15N5O2S. The number of aromatic nitrogens is 3. The molecule has 3 N–H and O–H groups in total. The number of amides is 1. The highest BCUT2D eigenvalue weighted by Gasteiger charge is 2.11. The second-order valence-corrected chi connectivity index (χ2v) is 4.71. The minimum atomic E-state index is -0.262. The maximum absolute atomic E-state index is 11.9. The van der Waals surface area contributed by atoms with Gasteiger partial charge in [0.2, 0.25) is 0 Å². The van der Waals surface area contributed by atoms with Crippen LogP contribution in [0.1, 0.15) is 15.5 Å². The standard InChI is InChI=1S/C11H15N5O2S/c1-18-3-2-16-6-8(5-13-16)14-11(17)9-7-19-10(4-12)15-9/h5-7H,2-4,12H2,1H3,(H,14,17). The van der Waals surface area contributed by atoms with Crippen molar-refractivity contribution in [3.05, 3.63) is 28.5 Å². The lowest BCUT2D eigenvalue weighted by Crippen LogP contribution is -2.12. The second-order valence-electron chi connectivity index (χ2n) is 3.77. The molecule has 1 amide bonds. The number of methoxy groups -OCH3 is 1. The largest absolute Gasteiger partial charge is 0.383 e. The Bertz CT molecular complexity index is 551. The van der Waals surface area contributed by atoms with E-state index in [0.29, 0.717) is 31.1 Å². The summed E-state index contributed by atoms with van der Waals surface area (Å²) in [6.45, 7) is 1.55. The Labute approximate surface area is 114 Å². The van der Waals surface area contributed by atoms with Gasteiger partial charge in [0.1, 0.15) is 10.7 Å². The van der Waals surface area contributed by atoms with E-state index in [-0.39, 0.29) is 5.91 Å². The molecule has 0 bridgehead atoms. The summed E-state index contributed by atoms with van der Waals surface area (Å²) >= 11 is 1.37.